The number of nitrogens with two attached hydrogens (primary N) is 1. The van der Waals surface area contributed by atoms with E-state index in [0.29, 0.717) is 12.5 Å². The molecule has 2 N–H and O–H groups in total. The van der Waals surface area contributed by atoms with Crippen LogP contribution in [-0.2, 0) is 4.79 Å². The molecular formula is C13H25N3O. The number of carbonyl (C=O) groups is 1. The Balaban J connectivity index is 1.96. The molecule has 1 heterocycles. The quantitative estimate of drug-likeness (QED) is 0.787. The van der Waals surface area contributed by atoms with Crippen molar-refractivity contribution in [2.45, 2.75) is 32.6 Å². The van der Waals surface area contributed by atoms with Crippen LogP contribution in [0.15, 0.2) is 0 Å². The van der Waals surface area contributed by atoms with Gasteiger partial charge in [0.2, 0.25) is 5.91 Å². The van der Waals surface area contributed by atoms with E-state index in [1.165, 1.54) is 0 Å². The molecule has 4 heteroatoms. The molecule has 17 heavy (non-hydrogen) atoms. The summed E-state index contributed by atoms with van der Waals surface area (Å²) in [5.74, 6) is 0.327. The Morgan fingerprint density at radius 2 is 1.76 bits per heavy atom. The van der Waals surface area contributed by atoms with Gasteiger partial charge in [-0.05, 0) is 19.4 Å². The molecule has 1 saturated heterocycles. The first kappa shape index (κ1) is 12.8. The van der Waals surface area contributed by atoms with Crippen molar-refractivity contribution in [3.63, 3.8) is 0 Å². The van der Waals surface area contributed by atoms with Gasteiger partial charge in [-0.2, -0.15) is 0 Å². The fourth-order valence-corrected chi connectivity index (χ4v) is 3.16. The van der Waals surface area contributed by atoms with Crippen LogP contribution in [0.3, 0.4) is 0 Å². The Kier molecular flexibility index (Phi) is 4.05. The minimum absolute atomic E-state index is 0.214. The molecule has 1 aliphatic carbocycles. The molecule has 1 aliphatic heterocycles. The molecule has 2 rings (SSSR count). The van der Waals surface area contributed by atoms with E-state index < -0.39 is 0 Å². The Hall–Kier alpha value is -0.610. The molecule has 0 radical (unpaired) electrons. The van der Waals surface area contributed by atoms with Crippen LogP contribution in [0.2, 0.25) is 0 Å². The van der Waals surface area contributed by atoms with Gasteiger partial charge in [-0.25, -0.2) is 0 Å². The van der Waals surface area contributed by atoms with E-state index in [4.69, 9.17) is 5.73 Å². The van der Waals surface area contributed by atoms with Gasteiger partial charge in [-0.1, -0.05) is 19.8 Å². The van der Waals surface area contributed by atoms with Crippen molar-refractivity contribution in [1.82, 2.24) is 9.80 Å². The molecular weight excluding hydrogens is 214 g/mol. The summed E-state index contributed by atoms with van der Waals surface area (Å²) in [5, 5.41) is 0. The summed E-state index contributed by atoms with van der Waals surface area (Å²) in [4.78, 5) is 17.0. The summed E-state index contributed by atoms with van der Waals surface area (Å²) in [6.07, 6.45) is 4.32. The first-order valence-electron chi connectivity index (χ1n) is 6.93. The molecule has 0 aromatic carbocycles. The van der Waals surface area contributed by atoms with E-state index in [1.54, 1.807) is 0 Å². The van der Waals surface area contributed by atoms with Crippen LogP contribution in [0.1, 0.15) is 32.6 Å². The lowest BCUT2D eigenvalue weighted by Gasteiger charge is -2.39. The lowest BCUT2D eigenvalue weighted by molar-refractivity contribution is -0.143. The summed E-state index contributed by atoms with van der Waals surface area (Å²) in [7, 11) is 0. The van der Waals surface area contributed by atoms with Gasteiger partial charge >= 0.3 is 0 Å². The van der Waals surface area contributed by atoms with Crippen molar-refractivity contribution in [1.29, 1.82) is 0 Å². The number of hydrogen-bond donors (Lipinski definition) is 1. The molecule has 0 aromatic rings. The summed E-state index contributed by atoms with van der Waals surface area (Å²) < 4.78 is 0. The molecule has 2 aliphatic rings. The highest BCUT2D eigenvalue weighted by atomic mass is 16.2. The van der Waals surface area contributed by atoms with Crippen molar-refractivity contribution in [3.05, 3.63) is 0 Å². The average molecular weight is 239 g/mol. The number of hydrogen-bond acceptors (Lipinski definition) is 3. The highest BCUT2D eigenvalue weighted by Crippen LogP contribution is 2.38. The largest absolute Gasteiger partial charge is 0.340 e. The summed E-state index contributed by atoms with van der Waals surface area (Å²) >= 11 is 0. The summed E-state index contributed by atoms with van der Waals surface area (Å²) in [5.41, 5.74) is 5.66. The molecule has 0 unspecified atom stereocenters. The van der Waals surface area contributed by atoms with Gasteiger partial charge in [0.25, 0.3) is 0 Å². The number of rotatable bonds is 3. The number of nitrogens with zero attached hydrogens (tertiary/aromatic N) is 2. The van der Waals surface area contributed by atoms with Crippen LogP contribution in [0.5, 0.6) is 0 Å². The smallest absolute Gasteiger partial charge is 0.230 e. The van der Waals surface area contributed by atoms with Gasteiger partial charge in [0.15, 0.2) is 0 Å². The molecule has 98 valence electrons. The van der Waals surface area contributed by atoms with Gasteiger partial charge in [-0.15, -0.1) is 0 Å². The van der Waals surface area contributed by atoms with Gasteiger partial charge < -0.3 is 15.5 Å². The van der Waals surface area contributed by atoms with E-state index in [-0.39, 0.29) is 5.41 Å². The molecule has 0 spiro atoms. The van der Waals surface area contributed by atoms with E-state index >= 15 is 0 Å². The molecule has 0 bridgehead atoms. The van der Waals surface area contributed by atoms with Crippen LogP contribution < -0.4 is 5.73 Å². The minimum atomic E-state index is -0.214. The van der Waals surface area contributed by atoms with Crippen molar-refractivity contribution >= 4 is 5.91 Å². The Bertz CT molecular complexity index is 266. The van der Waals surface area contributed by atoms with Gasteiger partial charge in [0.1, 0.15) is 0 Å². The Labute approximate surface area is 104 Å². The monoisotopic (exact) mass is 239 g/mol. The first-order chi connectivity index (χ1) is 8.22. The number of piperazine rings is 1. The van der Waals surface area contributed by atoms with Crippen LogP contribution in [0.25, 0.3) is 0 Å². The molecule has 2 fully saturated rings. The maximum Gasteiger partial charge on any atom is 0.230 e. The van der Waals surface area contributed by atoms with Crippen molar-refractivity contribution in [3.8, 4) is 0 Å². The van der Waals surface area contributed by atoms with Crippen LogP contribution in [0.4, 0.5) is 0 Å². The van der Waals surface area contributed by atoms with Gasteiger partial charge in [0, 0.05) is 32.7 Å². The van der Waals surface area contributed by atoms with Crippen molar-refractivity contribution < 1.29 is 4.79 Å². The molecule has 1 amide bonds. The van der Waals surface area contributed by atoms with E-state index in [2.05, 4.69) is 11.8 Å². The highest BCUT2D eigenvalue weighted by molar-refractivity contribution is 5.83. The second-order valence-electron chi connectivity index (χ2n) is 5.42. The zero-order valence-electron chi connectivity index (χ0n) is 11.0. The first-order valence-corrected chi connectivity index (χ1v) is 6.93. The van der Waals surface area contributed by atoms with E-state index in [1.807, 2.05) is 4.90 Å². The van der Waals surface area contributed by atoms with Crippen molar-refractivity contribution in [2.75, 3.05) is 39.3 Å². The maximum atomic E-state index is 12.6. The predicted octanol–water partition coefficient (Wildman–Crippen LogP) is 0.670. The third-order valence-corrected chi connectivity index (χ3v) is 4.51. The zero-order chi connectivity index (χ0) is 12.3. The molecule has 1 saturated carbocycles. The summed E-state index contributed by atoms with van der Waals surface area (Å²) in [6.45, 7) is 7.59. The SMILES string of the molecule is CCN1CCN(C(=O)C2(CN)CCCC2)CC1. The van der Waals surface area contributed by atoms with Gasteiger partial charge in [0.05, 0.1) is 5.41 Å². The fourth-order valence-electron chi connectivity index (χ4n) is 3.16. The number of carbonyl (C=O) groups excluding carboxylic acids is 1. The zero-order valence-corrected chi connectivity index (χ0v) is 11.0. The third-order valence-electron chi connectivity index (χ3n) is 4.51. The maximum absolute atomic E-state index is 12.6. The second kappa shape index (κ2) is 5.36. The fraction of sp³-hybridized carbons (Fsp3) is 0.923. The topological polar surface area (TPSA) is 49.6 Å². The van der Waals surface area contributed by atoms with Crippen LogP contribution in [0, 0.1) is 5.41 Å². The van der Waals surface area contributed by atoms with Crippen LogP contribution >= 0.6 is 0 Å². The minimum Gasteiger partial charge on any atom is -0.340 e. The normalized spacial score (nSPS) is 25.2. The Morgan fingerprint density at radius 1 is 1.18 bits per heavy atom. The predicted molar refractivity (Wildman–Crippen MR) is 68.6 cm³/mol. The van der Waals surface area contributed by atoms with E-state index in [9.17, 15) is 4.79 Å². The summed E-state index contributed by atoms with van der Waals surface area (Å²) in [6, 6.07) is 0. The molecule has 0 atom stereocenters. The van der Waals surface area contributed by atoms with E-state index in [0.717, 1.165) is 58.4 Å². The lowest BCUT2D eigenvalue weighted by Crippen LogP contribution is -2.54. The van der Waals surface area contributed by atoms with Gasteiger partial charge in [-0.3, -0.25) is 4.79 Å². The number of amides is 1. The lowest BCUT2D eigenvalue weighted by atomic mass is 9.84. The highest BCUT2D eigenvalue weighted by Gasteiger charge is 2.42. The standard InChI is InChI=1S/C13H25N3O/c1-2-15-7-9-16(10-8-15)12(17)13(11-14)5-3-4-6-13/h2-11,14H2,1H3. The number of likely N-dealkylation sites (N-methyl/N-ethyl adjacent to an activating group) is 1. The van der Waals surface area contributed by atoms with Crippen molar-refractivity contribution in [2.24, 2.45) is 11.1 Å². The Morgan fingerprint density at radius 3 is 2.24 bits per heavy atom. The molecule has 0 aromatic heterocycles. The second-order valence-corrected chi connectivity index (χ2v) is 5.42. The average Bonchev–Trinajstić information content (AvgIpc) is 2.88. The third kappa shape index (κ3) is 2.47. The molecule has 4 nitrogen and oxygen atoms in total. The van der Waals surface area contributed by atoms with Crippen LogP contribution in [-0.4, -0.2) is 55.0 Å².